The second kappa shape index (κ2) is 4.44. The van der Waals surface area contributed by atoms with Crippen molar-refractivity contribution < 1.29 is 8.78 Å². The Morgan fingerprint density at radius 2 is 2.05 bits per heavy atom. The van der Waals surface area contributed by atoms with Gasteiger partial charge < -0.3 is 0 Å². The monoisotopic (exact) mass is 288 g/mol. The van der Waals surface area contributed by atoms with E-state index in [1.807, 2.05) is 0 Å². The molecule has 1 aliphatic rings. The molecular weight excluding hydrogens is 278 g/mol. The number of H-pyrrole nitrogens is 2. The number of hydrogen-bond donors (Lipinski definition) is 2. The first-order valence-electron chi connectivity index (χ1n) is 6.47. The van der Waals surface area contributed by atoms with Crippen LogP contribution in [0.2, 0.25) is 0 Å². The van der Waals surface area contributed by atoms with Gasteiger partial charge in [-0.3, -0.25) is 5.10 Å². The van der Waals surface area contributed by atoms with Gasteiger partial charge in [0.1, 0.15) is 17.3 Å². The SMILES string of the molecule is Fc1ccc(C2Cc3[nH]nc(-c4nnn[nH]4)c3C2)c(F)c1. The number of halogens is 2. The number of benzene rings is 1. The van der Waals surface area contributed by atoms with Crippen molar-refractivity contribution in [2.24, 2.45) is 0 Å². The Kier molecular flexibility index (Phi) is 2.56. The van der Waals surface area contributed by atoms with Crippen LogP contribution < -0.4 is 0 Å². The molecule has 1 atom stereocenters. The Balaban J connectivity index is 1.68. The van der Waals surface area contributed by atoms with Crippen molar-refractivity contribution in [1.82, 2.24) is 30.8 Å². The fraction of sp³-hybridized carbons (Fsp3) is 0.231. The second-order valence-electron chi connectivity index (χ2n) is 5.05. The second-order valence-corrected chi connectivity index (χ2v) is 5.05. The molecule has 6 nitrogen and oxygen atoms in total. The zero-order valence-electron chi connectivity index (χ0n) is 10.8. The van der Waals surface area contributed by atoms with Crippen LogP contribution in [0.4, 0.5) is 8.78 Å². The van der Waals surface area contributed by atoms with Crippen molar-refractivity contribution in [2.45, 2.75) is 18.8 Å². The minimum atomic E-state index is -0.567. The molecule has 0 saturated heterocycles. The van der Waals surface area contributed by atoms with Crippen LogP contribution in [0.1, 0.15) is 22.7 Å². The maximum absolute atomic E-state index is 13.9. The van der Waals surface area contributed by atoms with Crippen LogP contribution in [0.3, 0.4) is 0 Å². The molecule has 2 heterocycles. The molecule has 1 aliphatic carbocycles. The molecule has 106 valence electrons. The molecular formula is C13H10F2N6. The zero-order valence-corrected chi connectivity index (χ0v) is 10.8. The fourth-order valence-corrected chi connectivity index (χ4v) is 2.86. The van der Waals surface area contributed by atoms with Gasteiger partial charge in [0.15, 0.2) is 5.82 Å². The van der Waals surface area contributed by atoms with Crippen molar-refractivity contribution in [3.05, 3.63) is 46.7 Å². The van der Waals surface area contributed by atoms with Gasteiger partial charge in [-0.1, -0.05) is 6.07 Å². The van der Waals surface area contributed by atoms with Crippen molar-refractivity contribution in [3.8, 4) is 11.5 Å². The summed E-state index contributed by atoms with van der Waals surface area (Å²) in [5, 5.41) is 20.7. The van der Waals surface area contributed by atoms with Gasteiger partial charge in [0.2, 0.25) is 0 Å². The molecule has 0 fully saturated rings. The molecule has 21 heavy (non-hydrogen) atoms. The fourth-order valence-electron chi connectivity index (χ4n) is 2.86. The van der Waals surface area contributed by atoms with Gasteiger partial charge in [-0.2, -0.15) is 5.10 Å². The lowest BCUT2D eigenvalue weighted by Gasteiger charge is -2.11. The minimum Gasteiger partial charge on any atom is -0.282 e. The molecule has 0 aliphatic heterocycles. The molecule has 2 N–H and O–H groups in total. The first-order chi connectivity index (χ1) is 10.2. The van der Waals surface area contributed by atoms with Crippen LogP contribution in [0, 0.1) is 11.6 Å². The summed E-state index contributed by atoms with van der Waals surface area (Å²) in [5.41, 5.74) is 3.08. The summed E-state index contributed by atoms with van der Waals surface area (Å²) in [7, 11) is 0. The summed E-state index contributed by atoms with van der Waals surface area (Å²) in [5.74, 6) is -0.638. The molecule has 1 aromatic carbocycles. The van der Waals surface area contributed by atoms with E-state index in [0.29, 0.717) is 29.9 Å². The molecule has 0 spiro atoms. The summed E-state index contributed by atoms with van der Waals surface area (Å²) >= 11 is 0. The van der Waals surface area contributed by atoms with E-state index in [0.717, 1.165) is 17.3 Å². The molecule has 0 radical (unpaired) electrons. The molecule has 3 aromatic rings. The van der Waals surface area contributed by atoms with Gasteiger partial charge in [-0.15, -0.1) is 5.10 Å². The standard InChI is InChI=1S/C13H10F2N6/c14-7-1-2-8(10(15)5-7)6-3-9-11(4-6)16-17-12(9)13-18-20-21-19-13/h1-2,5-6H,3-4H2,(H,16,17)(H,18,19,20,21). The first-order valence-corrected chi connectivity index (χ1v) is 6.47. The molecule has 8 heteroatoms. The van der Waals surface area contributed by atoms with Crippen LogP contribution in [0.15, 0.2) is 18.2 Å². The maximum atomic E-state index is 13.9. The van der Waals surface area contributed by atoms with Crippen LogP contribution in [0.25, 0.3) is 11.5 Å². The zero-order chi connectivity index (χ0) is 14.4. The number of rotatable bonds is 2. The Bertz CT molecular complexity index is 795. The summed E-state index contributed by atoms with van der Waals surface area (Å²) in [6.07, 6.45) is 1.25. The van der Waals surface area contributed by atoms with Crippen molar-refractivity contribution >= 4 is 0 Å². The third-order valence-corrected chi connectivity index (χ3v) is 3.83. The Morgan fingerprint density at radius 1 is 1.14 bits per heavy atom. The summed E-state index contributed by atoms with van der Waals surface area (Å²) in [4.78, 5) is 0. The predicted octanol–water partition coefficient (Wildman–Crippen LogP) is 1.75. The van der Waals surface area contributed by atoms with E-state index in [2.05, 4.69) is 30.8 Å². The average Bonchev–Trinajstić information content (AvgIpc) is 3.13. The van der Waals surface area contributed by atoms with Gasteiger partial charge in [-0.25, -0.2) is 13.9 Å². The van der Waals surface area contributed by atoms with E-state index in [-0.39, 0.29) is 5.92 Å². The molecule has 1 unspecified atom stereocenters. The molecule has 4 rings (SSSR count). The predicted molar refractivity (Wildman–Crippen MR) is 68.3 cm³/mol. The van der Waals surface area contributed by atoms with E-state index in [1.54, 1.807) is 0 Å². The number of fused-ring (bicyclic) bond motifs is 1. The van der Waals surface area contributed by atoms with Crippen molar-refractivity contribution in [2.75, 3.05) is 0 Å². The van der Waals surface area contributed by atoms with Crippen LogP contribution in [-0.4, -0.2) is 30.8 Å². The number of nitrogens with one attached hydrogen (secondary N) is 2. The summed E-state index contributed by atoms with van der Waals surface area (Å²) < 4.78 is 26.9. The number of aromatic amines is 2. The first kappa shape index (κ1) is 12.1. The van der Waals surface area contributed by atoms with Gasteiger partial charge in [0.05, 0.1) is 0 Å². The third kappa shape index (κ3) is 1.91. The highest BCUT2D eigenvalue weighted by molar-refractivity contribution is 5.57. The summed E-state index contributed by atoms with van der Waals surface area (Å²) in [6, 6.07) is 3.70. The smallest absolute Gasteiger partial charge is 0.200 e. The lowest BCUT2D eigenvalue weighted by atomic mass is 9.95. The topological polar surface area (TPSA) is 83.1 Å². The Hall–Kier alpha value is -2.64. The van der Waals surface area contributed by atoms with E-state index < -0.39 is 11.6 Å². The quantitative estimate of drug-likeness (QED) is 0.752. The minimum absolute atomic E-state index is 0.0375. The molecule has 0 saturated carbocycles. The number of nitrogens with zero attached hydrogens (tertiary/aromatic N) is 4. The van der Waals surface area contributed by atoms with Gasteiger partial charge in [0.25, 0.3) is 0 Å². The number of tetrazole rings is 1. The average molecular weight is 288 g/mol. The molecule has 0 amide bonds. The van der Waals surface area contributed by atoms with Gasteiger partial charge >= 0.3 is 0 Å². The summed E-state index contributed by atoms with van der Waals surface area (Å²) in [6.45, 7) is 0. The largest absolute Gasteiger partial charge is 0.282 e. The maximum Gasteiger partial charge on any atom is 0.200 e. The van der Waals surface area contributed by atoms with E-state index >= 15 is 0 Å². The van der Waals surface area contributed by atoms with E-state index in [4.69, 9.17) is 0 Å². The van der Waals surface area contributed by atoms with Gasteiger partial charge in [0, 0.05) is 17.3 Å². The Labute approximate surface area is 117 Å². The van der Waals surface area contributed by atoms with E-state index in [9.17, 15) is 8.78 Å². The van der Waals surface area contributed by atoms with Crippen LogP contribution in [-0.2, 0) is 12.8 Å². The molecule has 2 aromatic heterocycles. The Morgan fingerprint density at radius 3 is 2.81 bits per heavy atom. The molecule has 0 bridgehead atoms. The highest BCUT2D eigenvalue weighted by atomic mass is 19.1. The van der Waals surface area contributed by atoms with Crippen LogP contribution in [0.5, 0.6) is 0 Å². The normalized spacial score (nSPS) is 17.1. The van der Waals surface area contributed by atoms with Crippen LogP contribution >= 0.6 is 0 Å². The number of hydrogen-bond acceptors (Lipinski definition) is 4. The number of aromatic nitrogens is 6. The lowest BCUT2D eigenvalue weighted by molar-refractivity contribution is 0.555. The van der Waals surface area contributed by atoms with Crippen molar-refractivity contribution in [1.29, 1.82) is 0 Å². The highest BCUT2D eigenvalue weighted by Crippen LogP contribution is 2.37. The lowest BCUT2D eigenvalue weighted by Crippen LogP contribution is -2.03. The van der Waals surface area contributed by atoms with E-state index in [1.165, 1.54) is 12.1 Å². The third-order valence-electron chi connectivity index (χ3n) is 3.83. The van der Waals surface area contributed by atoms with Gasteiger partial charge in [-0.05, 0) is 40.8 Å². The highest BCUT2D eigenvalue weighted by Gasteiger charge is 2.30. The van der Waals surface area contributed by atoms with Crippen molar-refractivity contribution in [3.63, 3.8) is 0 Å².